The van der Waals surface area contributed by atoms with Crippen LogP contribution in [0.2, 0.25) is 0 Å². The van der Waals surface area contributed by atoms with Crippen LogP contribution in [0.25, 0.3) is 0 Å². The summed E-state index contributed by atoms with van der Waals surface area (Å²) < 4.78 is 84.9. The lowest BCUT2D eigenvalue weighted by molar-refractivity contribution is -0.141. The number of hydrogen-bond acceptors (Lipinski definition) is 3. The molecule has 1 unspecified atom stereocenters. The molecule has 1 heterocycles. The molecule has 112 valence electrons. The van der Waals surface area contributed by atoms with E-state index in [0.29, 0.717) is 6.07 Å². The number of carbonyl (C=O) groups is 1. The van der Waals surface area contributed by atoms with Crippen LogP contribution in [-0.2, 0) is 17.4 Å². The first-order chi connectivity index (χ1) is 8.90. The highest BCUT2D eigenvalue weighted by atomic mass is 32.2. The third-order valence-electron chi connectivity index (χ3n) is 1.90. The zero-order chi connectivity index (χ0) is 15.7. The van der Waals surface area contributed by atoms with Gasteiger partial charge in [-0.3, -0.25) is 4.79 Å². The lowest BCUT2D eigenvalue weighted by Crippen LogP contribution is -2.25. The van der Waals surface area contributed by atoms with E-state index in [0.717, 1.165) is 0 Å². The maximum Gasteiger partial charge on any atom is 0.433 e. The van der Waals surface area contributed by atoms with Crippen LogP contribution in [0.5, 0.6) is 0 Å². The predicted octanol–water partition coefficient (Wildman–Crippen LogP) is 1.87. The number of nitrogens with zero attached hydrogens (tertiary/aromatic N) is 1. The highest BCUT2D eigenvalue weighted by molar-refractivity contribution is 7.91. The van der Waals surface area contributed by atoms with E-state index in [2.05, 4.69) is 4.98 Å². The van der Waals surface area contributed by atoms with Gasteiger partial charge in [0.2, 0.25) is 16.7 Å². The fourth-order valence-electron chi connectivity index (χ4n) is 1.13. The zero-order valence-electron chi connectivity index (χ0n) is 9.38. The summed E-state index contributed by atoms with van der Waals surface area (Å²) in [6.07, 6.45) is -9.86. The zero-order valence-corrected chi connectivity index (χ0v) is 10.2. The van der Waals surface area contributed by atoms with E-state index in [1.807, 2.05) is 0 Å². The molecule has 0 aromatic carbocycles. The summed E-state index contributed by atoms with van der Waals surface area (Å²) in [5.41, 5.74) is 2.40. The highest BCUT2D eigenvalue weighted by Gasteiger charge is 2.39. The SMILES string of the molecule is NC(=O)c1cc([S+]([O-])CC(F)(F)F)nc(C(F)(F)F)c1. The number of halogens is 6. The number of alkyl halides is 6. The van der Waals surface area contributed by atoms with Crippen LogP contribution in [0.3, 0.4) is 0 Å². The smallest absolute Gasteiger partial charge is 0.433 e. The van der Waals surface area contributed by atoms with Crippen molar-refractivity contribution in [3.05, 3.63) is 23.4 Å². The number of primary amides is 1. The van der Waals surface area contributed by atoms with Gasteiger partial charge in [-0.1, -0.05) is 0 Å². The van der Waals surface area contributed by atoms with Crippen LogP contribution in [0.1, 0.15) is 16.1 Å². The molecule has 0 aliphatic carbocycles. The van der Waals surface area contributed by atoms with Gasteiger partial charge in [0.15, 0.2) is 5.69 Å². The number of hydrogen-bond donors (Lipinski definition) is 1. The molecule has 1 aromatic heterocycles. The van der Waals surface area contributed by atoms with E-state index >= 15 is 0 Å². The molecule has 11 heteroatoms. The van der Waals surface area contributed by atoms with E-state index in [9.17, 15) is 35.7 Å². The number of aromatic nitrogens is 1. The second-order valence-electron chi connectivity index (χ2n) is 3.55. The molecule has 1 rings (SSSR count). The highest BCUT2D eigenvalue weighted by Crippen LogP contribution is 2.30. The van der Waals surface area contributed by atoms with Crippen molar-refractivity contribution in [2.75, 3.05) is 5.75 Å². The average molecular weight is 320 g/mol. The van der Waals surface area contributed by atoms with Crippen molar-refractivity contribution < 1.29 is 35.7 Å². The summed E-state index contributed by atoms with van der Waals surface area (Å²) in [5.74, 6) is -3.18. The van der Waals surface area contributed by atoms with Crippen LogP contribution in [0, 0.1) is 0 Å². The molecule has 0 saturated heterocycles. The molecule has 0 fully saturated rings. The topological polar surface area (TPSA) is 79.0 Å². The maximum atomic E-state index is 12.5. The van der Waals surface area contributed by atoms with Gasteiger partial charge in [-0.05, 0) is 6.07 Å². The third-order valence-corrected chi connectivity index (χ3v) is 3.17. The molecular formula is C9H6F6N2O2S. The predicted molar refractivity (Wildman–Crippen MR) is 55.1 cm³/mol. The van der Waals surface area contributed by atoms with E-state index in [4.69, 9.17) is 5.73 Å². The summed E-state index contributed by atoms with van der Waals surface area (Å²) in [7, 11) is 0. The van der Waals surface area contributed by atoms with Crippen molar-refractivity contribution in [1.82, 2.24) is 4.98 Å². The van der Waals surface area contributed by atoms with Gasteiger partial charge in [0.25, 0.3) is 0 Å². The largest absolute Gasteiger partial charge is 0.610 e. The molecule has 1 aromatic rings. The Balaban J connectivity index is 3.26. The Morgan fingerprint density at radius 1 is 1.25 bits per heavy atom. The van der Waals surface area contributed by atoms with Crippen LogP contribution < -0.4 is 5.73 Å². The van der Waals surface area contributed by atoms with E-state index in [1.165, 1.54) is 0 Å². The summed E-state index contributed by atoms with van der Waals surface area (Å²) in [5, 5.41) is -1.01. The second-order valence-corrected chi connectivity index (χ2v) is 4.94. The molecule has 0 spiro atoms. The molecule has 2 N–H and O–H groups in total. The Morgan fingerprint density at radius 3 is 2.20 bits per heavy atom. The second kappa shape index (κ2) is 5.48. The molecule has 1 atom stereocenters. The number of nitrogens with two attached hydrogens (primary N) is 1. The van der Waals surface area contributed by atoms with Gasteiger partial charge in [0, 0.05) is 22.8 Å². The first-order valence-electron chi connectivity index (χ1n) is 4.74. The van der Waals surface area contributed by atoms with Crippen molar-refractivity contribution in [3.63, 3.8) is 0 Å². The van der Waals surface area contributed by atoms with Crippen molar-refractivity contribution in [3.8, 4) is 0 Å². The Morgan fingerprint density at radius 2 is 1.80 bits per heavy atom. The van der Waals surface area contributed by atoms with Crippen molar-refractivity contribution in [2.24, 2.45) is 5.73 Å². The molecule has 1 amide bonds. The molecule has 0 aliphatic rings. The van der Waals surface area contributed by atoms with Gasteiger partial charge >= 0.3 is 12.4 Å². The standard InChI is InChI=1S/C9H6F6N2O2S/c10-8(11,12)3-20(19)6-2-4(7(16)18)1-5(17-6)9(13,14)15/h1-2H,3H2,(H2,16,18). The third kappa shape index (κ3) is 4.56. The molecule has 0 saturated carbocycles. The van der Waals surface area contributed by atoms with Gasteiger partial charge in [0.1, 0.15) is 0 Å². The molecule has 0 radical (unpaired) electrons. The minimum atomic E-state index is -5.01. The van der Waals surface area contributed by atoms with E-state index in [-0.39, 0.29) is 6.07 Å². The first kappa shape index (κ1) is 16.6. The van der Waals surface area contributed by atoms with Crippen molar-refractivity contribution in [1.29, 1.82) is 0 Å². The van der Waals surface area contributed by atoms with Crippen molar-refractivity contribution >= 4 is 17.1 Å². The van der Waals surface area contributed by atoms with E-state index in [1.54, 1.807) is 0 Å². The van der Waals surface area contributed by atoms with Crippen LogP contribution in [0.15, 0.2) is 17.2 Å². The number of pyridine rings is 1. The lowest BCUT2D eigenvalue weighted by Gasteiger charge is -2.14. The maximum absolute atomic E-state index is 12.5. The quantitative estimate of drug-likeness (QED) is 0.682. The van der Waals surface area contributed by atoms with Gasteiger partial charge in [-0.25, -0.2) is 0 Å². The minimum Gasteiger partial charge on any atom is -0.610 e. The lowest BCUT2D eigenvalue weighted by atomic mass is 10.2. The number of rotatable bonds is 3. The summed E-state index contributed by atoms with van der Waals surface area (Å²) in [6.45, 7) is 0. The fourth-order valence-corrected chi connectivity index (χ4v) is 2.04. The van der Waals surface area contributed by atoms with E-state index < -0.39 is 51.5 Å². The van der Waals surface area contributed by atoms with Gasteiger partial charge in [-0.2, -0.15) is 31.3 Å². The Kier molecular flexibility index (Phi) is 4.54. The van der Waals surface area contributed by atoms with Crippen LogP contribution in [0.4, 0.5) is 26.3 Å². The first-order valence-corrected chi connectivity index (χ1v) is 6.06. The summed E-state index contributed by atoms with van der Waals surface area (Å²) in [6, 6.07) is 0.816. The molecule has 0 bridgehead atoms. The number of amides is 1. The average Bonchev–Trinajstić information content (AvgIpc) is 2.24. The molecule has 20 heavy (non-hydrogen) atoms. The van der Waals surface area contributed by atoms with Crippen LogP contribution in [-0.4, -0.2) is 27.4 Å². The molecule has 4 nitrogen and oxygen atoms in total. The van der Waals surface area contributed by atoms with Gasteiger partial charge < -0.3 is 10.3 Å². The number of carbonyl (C=O) groups excluding carboxylic acids is 1. The Labute approximate surface area is 111 Å². The van der Waals surface area contributed by atoms with Gasteiger partial charge in [-0.15, -0.1) is 0 Å². The summed E-state index contributed by atoms with van der Waals surface area (Å²) in [4.78, 5) is 13.7. The fraction of sp³-hybridized carbons (Fsp3) is 0.333. The molecular weight excluding hydrogens is 314 g/mol. The molecule has 0 aliphatic heterocycles. The summed E-state index contributed by atoms with van der Waals surface area (Å²) >= 11 is -2.87. The van der Waals surface area contributed by atoms with Crippen LogP contribution >= 0.6 is 0 Å². The van der Waals surface area contributed by atoms with Gasteiger partial charge in [0.05, 0.1) is 0 Å². The van der Waals surface area contributed by atoms with Crippen molar-refractivity contribution in [2.45, 2.75) is 17.4 Å². The normalized spacial score (nSPS) is 14.2. The Bertz CT molecular complexity index is 516. The minimum absolute atomic E-state index is 0.274. The Hall–Kier alpha value is -1.49. The monoisotopic (exact) mass is 320 g/mol.